The molecule has 3 aromatic heterocycles. The van der Waals surface area contributed by atoms with Crippen molar-refractivity contribution < 1.29 is 18.3 Å². The second-order valence-electron chi connectivity index (χ2n) is 10.0. The molecule has 37 heavy (non-hydrogen) atoms. The Hall–Kier alpha value is -3.50. The van der Waals surface area contributed by atoms with Crippen LogP contribution in [0.5, 0.6) is 0 Å². The molecular formula is C27H25F2N5O3. The summed E-state index contributed by atoms with van der Waals surface area (Å²) >= 11 is 0. The molecule has 2 atom stereocenters. The SMILES string of the molecule is O=c1c2c(nc3c(-c4ccc(F)cc4F)nc([C@H]4CCO[C@@H](c5cnn(C6CC6)c5)C4)cn13)CCOC2. The summed E-state index contributed by atoms with van der Waals surface area (Å²) in [6.45, 7) is 1.17. The van der Waals surface area contributed by atoms with Crippen LogP contribution in [-0.4, -0.2) is 37.4 Å². The average Bonchev–Trinajstić information content (AvgIpc) is 3.65. The Morgan fingerprint density at radius 1 is 1.05 bits per heavy atom. The van der Waals surface area contributed by atoms with Crippen LogP contribution in [0.1, 0.15) is 66.3 Å². The topological polar surface area (TPSA) is 83.5 Å². The second kappa shape index (κ2) is 8.81. The molecule has 1 saturated heterocycles. The van der Waals surface area contributed by atoms with Crippen LogP contribution >= 0.6 is 0 Å². The van der Waals surface area contributed by atoms with Gasteiger partial charge in [0.2, 0.25) is 0 Å². The molecule has 1 aromatic carbocycles. The van der Waals surface area contributed by atoms with Gasteiger partial charge in [-0.1, -0.05) is 0 Å². The lowest BCUT2D eigenvalue weighted by Gasteiger charge is -2.29. The maximum Gasteiger partial charge on any atom is 0.263 e. The highest BCUT2D eigenvalue weighted by atomic mass is 19.1. The molecule has 8 nitrogen and oxygen atoms in total. The normalized spacial score (nSPS) is 21.8. The van der Waals surface area contributed by atoms with Crippen LogP contribution in [0.3, 0.4) is 0 Å². The number of ether oxygens (including phenoxy) is 2. The monoisotopic (exact) mass is 505 g/mol. The van der Waals surface area contributed by atoms with Crippen LogP contribution in [0.25, 0.3) is 16.9 Å². The number of hydrogen-bond acceptors (Lipinski definition) is 6. The molecule has 1 aliphatic carbocycles. The highest BCUT2D eigenvalue weighted by Gasteiger charge is 2.31. The zero-order chi connectivity index (χ0) is 25.1. The summed E-state index contributed by atoms with van der Waals surface area (Å²) in [6, 6.07) is 3.85. The fourth-order valence-corrected chi connectivity index (χ4v) is 5.35. The maximum atomic E-state index is 15.0. The van der Waals surface area contributed by atoms with Crippen molar-refractivity contribution in [3.05, 3.63) is 81.3 Å². The fraction of sp³-hybridized carbons (Fsp3) is 0.407. The van der Waals surface area contributed by atoms with Gasteiger partial charge in [-0.25, -0.2) is 18.7 Å². The zero-order valence-electron chi connectivity index (χ0n) is 20.1. The van der Waals surface area contributed by atoms with Crippen molar-refractivity contribution >= 4 is 5.65 Å². The Morgan fingerprint density at radius 3 is 2.78 bits per heavy atom. The predicted octanol–water partition coefficient (Wildman–Crippen LogP) is 4.27. The van der Waals surface area contributed by atoms with Gasteiger partial charge < -0.3 is 9.47 Å². The van der Waals surface area contributed by atoms with Gasteiger partial charge in [0.15, 0.2) is 5.65 Å². The summed E-state index contributed by atoms with van der Waals surface area (Å²) in [7, 11) is 0. The number of aromatic nitrogens is 5. The average molecular weight is 506 g/mol. The highest BCUT2D eigenvalue weighted by Crippen LogP contribution is 2.40. The molecule has 0 spiro atoms. The molecule has 10 heteroatoms. The number of hydrogen-bond donors (Lipinski definition) is 0. The Morgan fingerprint density at radius 2 is 1.95 bits per heavy atom. The van der Waals surface area contributed by atoms with Crippen molar-refractivity contribution in [2.24, 2.45) is 0 Å². The standard InChI is InChI=1S/C27H25F2N5O3/c28-17-1-4-19(21(29)10-17)25-26-32-22-6-7-36-14-20(22)27(35)33(26)13-23(31-25)15-5-8-37-24(9-15)16-11-30-34(12-16)18-2-3-18/h1,4,10-13,15,18,24H,2-3,5-9,14H2/t15-,24+/m0/s1. The molecule has 0 amide bonds. The number of nitrogens with zero attached hydrogens (tertiary/aromatic N) is 5. The van der Waals surface area contributed by atoms with Gasteiger partial charge in [-0.15, -0.1) is 0 Å². The van der Waals surface area contributed by atoms with Crippen LogP contribution < -0.4 is 5.56 Å². The minimum absolute atomic E-state index is 0.0335. The van der Waals surface area contributed by atoms with Gasteiger partial charge in [0.25, 0.3) is 5.56 Å². The third-order valence-corrected chi connectivity index (χ3v) is 7.54. The predicted molar refractivity (Wildman–Crippen MR) is 129 cm³/mol. The molecule has 2 fully saturated rings. The molecule has 2 aliphatic heterocycles. The van der Waals surface area contributed by atoms with Crippen LogP contribution in [0.4, 0.5) is 8.78 Å². The molecule has 0 radical (unpaired) electrons. The van der Waals surface area contributed by atoms with E-state index in [1.54, 1.807) is 6.20 Å². The van der Waals surface area contributed by atoms with Gasteiger partial charge in [-0.2, -0.15) is 5.10 Å². The Labute approximate surface area is 210 Å². The number of benzene rings is 1. The highest BCUT2D eigenvalue weighted by molar-refractivity contribution is 5.74. The van der Waals surface area contributed by atoms with E-state index in [4.69, 9.17) is 19.4 Å². The van der Waals surface area contributed by atoms with E-state index < -0.39 is 11.6 Å². The minimum atomic E-state index is -0.751. The lowest BCUT2D eigenvalue weighted by Crippen LogP contribution is -2.28. The van der Waals surface area contributed by atoms with Crippen LogP contribution in [0, 0.1) is 11.6 Å². The summed E-state index contributed by atoms with van der Waals surface area (Å²) in [5, 5.41) is 4.50. The van der Waals surface area contributed by atoms with Crippen molar-refractivity contribution in [2.75, 3.05) is 13.2 Å². The van der Waals surface area contributed by atoms with Crippen molar-refractivity contribution in [3.63, 3.8) is 0 Å². The second-order valence-corrected chi connectivity index (χ2v) is 10.0. The minimum Gasteiger partial charge on any atom is -0.376 e. The van der Waals surface area contributed by atoms with E-state index in [-0.39, 0.29) is 41.1 Å². The quantitative estimate of drug-likeness (QED) is 0.412. The first-order valence-corrected chi connectivity index (χ1v) is 12.7. The number of halogens is 2. The van der Waals surface area contributed by atoms with Gasteiger partial charge in [-0.3, -0.25) is 13.9 Å². The van der Waals surface area contributed by atoms with Gasteiger partial charge in [0.1, 0.15) is 17.3 Å². The molecule has 190 valence electrons. The maximum absolute atomic E-state index is 15.0. The lowest BCUT2D eigenvalue weighted by molar-refractivity contribution is 0.00454. The van der Waals surface area contributed by atoms with Crippen molar-refractivity contribution in [3.8, 4) is 11.3 Å². The Balaban J connectivity index is 1.34. The van der Waals surface area contributed by atoms with Gasteiger partial charge in [-0.05, 0) is 37.8 Å². The molecule has 3 aliphatic rings. The van der Waals surface area contributed by atoms with Crippen molar-refractivity contribution in [2.45, 2.75) is 56.8 Å². The summed E-state index contributed by atoms with van der Waals surface area (Å²) < 4.78 is 43.8. The van der Waals surface area contributed by atoms with Crippen LogP contribution in [0.15, 0.2) is 41.6 Å². The van der Waals surface area contributed by atoms with E-state index in [2.05, 4.69) is 11.3 Å². The van der Waals surface area contributed by atoms with Crippen molar-refractivity contribution in [1.29, 1.82) is 0 Å². The number of rotatable bonds is 4. The van der Waals surface area contributed by atoms with E-state index in [0.29, 0.717) is 55.5 Å². The molecular weight excluding hydrogens is 480 g/mol. The largest absolute Gasteiger partial charge is 0.376 e. The number of fused-ring (bicyclic) bond motifs is 2. The van der Waals surface area contributed by atoms with Gasteiger partial charge >= 0.3 is 0 Å². The van der Waals surface area contributed by atoms with E-state index in [1.165, 1.54) is 16.5 Å². The summed E-state index contributed by atoms with van der Waals surface area (Å²) in [5.74, 6) is -1.46. The summed E-state index contributed by atoms with van der Waals surface area (Å²) in [5.41, 5.74) is 3.15. The third kappa shape index (κ3) is 4.04. The zero-order valence-corrected chi connectivity index (χ0v) is 20.1. The van der Waals surface area contributed by atoms with Gasteiger partial charge in [0.05, 0.1) is 48.5 Å². The third-order valence-electron chi connectivity index (χ3n) is 7.54. The smallest absolute Gasteiger partial charge is 0.263 e. The Bertz CT molecular complexity index is 1580. The van der Waals surface area contributed by atoms with E-state index in [1.807, 2.05) is 10.9 Å². The summed E-state index contributed by atoms with van der Waals surface area (Å²) in [4.78, 5) is 23.1. The molecule has 0 N–H and O–H groups in total. The van der Waals surface area contributed by atoms with E-state index >= 15 is 0 Å². The van der Waals surface area contributed by atoms with E-state index in [0.717, 1.165) is 24.5 Å². The lowest BCUT2D eigenvalue weighted by atomic mass is 9.90. The van der Waals surface area contributed by atoms with Crippen LogP contribution in [0.2, 0.25) is 0 Å². The molecule has 4 aromatic rings. The summed E-state index contributed by atoms with van der Waals surface area (Å²) in [6.07, 6.45) is 9.62. The van der Waals surface area contributed by atoms with Crippen LogP contribution in [-0.2, 0) is 22.5 Å². The van der Waals surface area contributed by atoms with Gasteiger partial charge in [0, 0.05) is 48.5 Å². The van der Waals surface area contributed by atoms with E-state index in [9.17, 15) is 13.6 Å². The molecule has 5 heterocycles. The molecule has 0 bridgehead atoms. The molecule has 0 unspecified atom stereocenters. The first-order chi connectivity index (χ1) is 18.0. The fourth-order valence-electron chi connectivity index (χ4n) is 5.35. The molecule has 1 saturated carbocycles. The molecule has 7 rings (SSSR count). The Kier molecular flexibility index (Phi) is 5.40. The first-order valence-electron chi connectivity index (χ1n) is 12.7. The van der Waals surface area contributed by atoms with Crippen molar-refractivity contribution in [1.82, 2.24) is 24.1 Å². The first kappa shape index (κ1) is 22.7.